The Balaban J connectivity index is 3.50. The highest BCUT2D eigenvalue weighted by Gasteiger charge is 2.56. The average molecular weight is 425 g/mol. The van der Waals surface area contributed by atoms with E-state index in [0.717, 1.165) is 0 Å². The molecule has 0 aromatic heterocycles. The van der Waals surface area contributed by atoms with Crippen molar-refractivity contribution >= 4 is 14.5 Å². The van der Waals surface area contributed by atoms with E-state index in [1.165, 1.54) is 12.3 Å². The summed E-state index contributed by atoms with van der Waals surface area (Å²) in [5.74, 6) is 0. The van der Waals surface area contributed by atoms with Gasteiger partial charge in [0.1, 0.15) is 0 Å². The molecular formula is C26H50P2+2. The minimum atomic E-state index is -1.22. The van der Waals surface area contributed by atoms with Gasteiger partial charge in [0.15, 0.2) is 0 Å². The molecule has 0 bridgehead atoms. The maximum atomic E-state index is 2.62. The maximum Gasteiger partial charge on any atom is 0.0854 e. The van der Waals surface area contributed by atoms with Crippen molar-refractivity contribution in [2.24, 2.45) is 0 Å². The first kappa shape index (κ1) is 26.1. The molecule has 0 aliphatic carbocycles. The van der Waals surface area contributed by atoms with Crippen LogP contribution >= 0.6 is 14.5 Å². The van der Waals surface area contributed by atoms with Crippen LogP contribution in [0.4, 0.5) is 0 Å². The predicted molar refractivity (Wildman–Crippen MR) is 139 cm³/mol. The molecule has 0 saturated heterocycles. The molecule has 162 valence electrons. The Morgan fingerprint density at radius 2 is 0.714 bits per heavy atom. The van der Waals surface area contributed by atoms with E-state index in [9.17, 15) is 0 Å². The van der Waals surface area contributed by atoms with Gasteiger partial charge in [0, 0.05) is 14.5 Å². The van der Waals surface area contributed by atoms with Crippen LogP contribution in [0.5, 0.6) is 0 Å². The van der Waals surface area contributed by atoms with Crippen LogP contribution < -0.4 is 0 Å². The van der Waals surface area contributed by atoms with E-state index in [1.807, 2.05) is 0 Å². The van der Waals surface area contributed by atoms with E-state index in [2.05, 4.69) is 121 Å². The normalized spacial score (nSPS) is 15.1. The van der Waals surface area contributed by atoms with Crippen molar-refractivity contribution in [2.45, 2.75) is 116 Å². The zero-order valence-corrected chi connectivity index (χ0v) is 23.4. The molecule has 28 heavy (non-hydrogen) atoms. The second-order valence-corrected chi connectivity index (χ2v) is 23.9. The SMILES string of the molecule is CC(C)(C)[P+](C)(Cc1ccccc1C[P+](C)(C(C)(C)C)C(C)(C)C)C(C)(C)C. The smallest absolute Gasteiger partial charge is 0.0618 e. The summed E-state index contributed by atoms with van der Waals surface area (Å²) in [4.78, 5) is 0. The molecule has 0 saturated carbocycles. The van der Waals surface area contributed by atoms with Crippen LogP contribution in [0.2, 0.25) is 0 Å². The molecule has 0 aliphatic heterocycles. The summed E-state index contributed by atoms with van der Waals surface area (Å²) >= 11 is 0. The van der Waals surface area contributed by atoms with Crippen molar-refractivity contribution in [1.29, 1.82) is 0 Å². The summed E-state index contributed by atoms with van der Waals surface area (Å²) in [5, 5.41) is 1.41. The third-order valence-corrected chi connectivity index (χ3v) is 21.8. The van der Waals surface area contributed by atoms with Gasteiger partial charge in [-0.3, -0.25) is 0 Å². The van der Waals surface area contributed by atoms with Crippen LogP contribution in [0.25, 0.3) is 0 Å². The summed E-state index contributed by atoms with van der Waals surface area (Å²) in [5.41, 5.74) is 3.23. The lowest BCUT2D eigenvalue weighted by Gasteiger charge is -2.46. The van der Waals surface area contributed by atoms with Gasteiger partial charge >= 0.3 is 0 Å². The highest BCUT2D eigenvalue weighted by atomic mass is 31.2. The molecule has 0 nitrogen and oxygen atoms in total. The second-order valence-electron chi connectivity index (χ2n) is 13.2. The quantitative estimate of drug-likeness (QED) is 0.423. The van der Waals surface area contributed by atoms with Gasteiger partial charge < -0.3 is 0 Å². The Bertz CT molecular complexity index is 570. The molecule has 1 aromatic carbocycles. The van der Waals surface area contributed by atoms with Crippen LogP contribution in [0.15, 0.2) is 24.3 Å². The van der Waals surface area contributed by atoms with Crippen LogP contribution in [-0.2, 0) is 12.3 Å². The zero-order chi connectivity index (χ0) is 22.4. The Hall–Kier alpha value is 0.0800. The molecule has 2 heteroatoms. The first-order valence-electron chi connectivity index (χ1n) is 11.0. The van der Waals surface area contributed by atoms with Gasteiger partial charge in [-0.25, -0.2) is 0 Å². The minimum Gasteiger partial charge on any atom is -0.0618 e. The molecule has 1 rings (SSSR count). The molecule has 0 spiro atoms. The third-order valence-electron chi connectivity index (χ3n) is 8.01. The Morgan fingerprint density at radius 3 is 0.893 bits per heavy atom. The van der Waals surface area contributed by atoms with E-state index in [4.69, 9.17) is 0 Å². The summed E-state index contributed by atoms with van der Waals surface area (Å²) < 4.78 is 0. The lowest BCUT2D eigenvalue weighted by molar-refractivity contribution is 0.681. The lowest BCUT2D eigenvalue weighted by Crippen LogP contribution is -2.35. The van der Waals surface area contributed by atoms with Crippen LogP contribution in [-0.4, -0.2) is 34.0 Å². The van der Waals surface area contributed by atoms with E-state index in [-0.39, 0.29) is 0 Å². The van der Waals surface area contributed by atoms with E-state index >= 15 is 0 Å². The fraction of sp³-hybridized carbons (Fsp3) is 0.769. The molecule has 0 amide bonds. The topological polar surface area (TPSA) is 0 Å². The van der Waals surface area contributed by atoms with Crippen LogP contribution in [0, 0.1) is 0 Å². The number of benzene rings is 1. The van der Waals surface area contributed by atoms with Gasteiger partial charge in [-0.2, -0.15) is 0 Å². The summed E-state index contributed by atoms with van der Waals surface area (Å²) in [7, 11) is -2.44. The molecule has 0 N–H and O–H groups in total. The molecule has 1 aromatic rings. The Morgan fingerprint density at radius 1 is 0.500 bits per heavy atom. The van der Waals surface area contributed by atoms with Gasteiger partial charge in [0.25, 0.3) is 0 Å². The number of hydrogen-bond acceptors (Lipinski definition) is 0. The minimum absolute atomic E-state index is 0.352. The van der Waals surface area contributed by atoms with Gasteiger partial charge in [-0.15, -0.1) is 0 Å². The molecule has 0 heterocycles. The standard InChI is InChI=1S/C26H50P2/c1-23(2,3)27(13,24(4,5)6)19-21-17-15-16-18-22(21)20-28(14,25(7,8)9)26(10,11)12/h15-18H,19-20H2,1-14H3/q+2. The molecule has 0 atom stereocenters. The van der Waals surface area contributed by atoms with E-state index < -0.39 is 14.5 Å². The number of rotatable bonds is 4. The first-order valence-corrected chi connectivity index (χ1v) is 15.8. The van der Waals surface area contributed by atoms with E-state index in [0.29, 0.717) is 20.6 Å². The van der Waals surface area contributed by atoms with Crippen molar-refractivity contribution in [3.05, 3.63) is 35.4 Å². The fourth-order valence-electron chi connectivity index (χ4n) is 4.51. The summed E-state index contributed by atoms with van der Waals surface area (Å²) in [6.45, 7) is 34.9. The molecule has 0 radical (unpaired) electrons. The van der Waals surface area contributed by atoms with Gasteiger partial charge in [-0.1, -0.05) is 24.3 Å². The van der Waals surface area contributed by atoms with Crippen molar-refractivity contribution in [2.75, 3.05) is 13.3 Å². The largest absolute Gasteiger partial charge is 0.0854 e. The van der Waals surface area contributed by atoms with Crippen molar-refractivity contribution in [3.63, 3.8) is 0 Å². The second kappa shape index (κ2) is 7.97. The highest BCUT2D eigenvalue weighted by Crippen LogP contribution is 2.78. The lowest BCUT2D eigenvalue weighted by atomic mass is 10.1. The van der Waals surface area contributed by atoms with Gasteiger partial charge in [-0.05, 0) is 94.2 Å². The van der Waals surface area contributed by atoms with E-state index in [1.54, 1.807) is 11.1 Å². The Kier molecular flexibility index (Phi) is 7.43. The van der Waals surface area contributed by atoms with Crippen LogP contribution in [0.3, 0.4) is 0 Å². The summed E-state index contributed by atoms with van der Waals surface area (Å²) in [6.07, 6.45) is 2.51. The van der Waals surface area contributed by atoms with Gasteiger partial charge in [0.05, 0.1) is 46.3 Å². The zero-order valence-electron chi connectivity index (χ0n) is 21.6. The Labute approximate surface area is 179 Å². The third kappa shape index (κ3) is 5.03. The maximum absolute atomic E-state index is 2.62. The van der Waals surface area contributed by atoms with Gasteiger partial charge in [0.2, 0.25) is 0 Å². The van der Waals surface area contributed by atoms with Crippen molar-refractivity contribution < 1.29 is 0 Å². The molecular weight excluding hydrogens is 374 g/mol. The molecule has 0 aliphatic rings. The molecule has 0 fully saturated rings. The van der Waals surface area contributed by atoms with Crippen LogP contribution in [0.1, 0.15) is 94.2 Å². The fourth-order valence-corrected chi connectivity index (χ4v) is 12.4. The highest BCUT2D eigenvalue weighted by molar-refractivity contribution is 7.77. The van der Waals surface area contributed by atoms with Crippen molar-refractivity contribution in [3.8, 4) is 0 Å². The number of hydrogen-bond donors (Lipinski definition) is 0. The molecule has 0 unspecified atom stereocenters. The predicted octanol–water partition coefficient (Wildman–Crippen LogP) is 9.18. The first-order chi connectivity index (χ1) is 12.2. The summed E-state index contributed by atoms with van der Waals surface area (Å²) in [6, 6.07) is 9.39. The average Bonchev–Trinajstić information content (AvgIpc) is 2.44. The monoisotopic (exact) mass is 424 g/mol. The van der Waals surface area contributed by atoms with Crippen molar-refractivity contribution in [1.82, 2.24) is 0 Å².